The summed E-state index contributed by atoms with van der Waals surface area (Å²) in [4.78, 5) is 0. The Balaban J connectivity index is 2.33. The number of ether oxygens (including phenoxy) is 1. The van der Waals surface area contributed by atoms with E-state index in [9.17, 15) is 0 Å². The number of methoxy groups -OCH3 is 1. The number of anilines is 1. The van der Waals surface area contributed by atoms with Crippen molar-refractivity contribution in [3.8, 4) is 0 Å². The first-order valence-electron chi connectivity index (χ1n) is 5.87. The van der Waals surface area contributed by atoms with Crippen LogP contribution in [0.5, 0.6) is 0 Å². The Hall–Kier alpha value is -1.02. The first-order chi connectivity index (χ1) is 7.53. The van der Waals surface area contributed by atoms with Gasteiger partial charge in [-0.25, -0.2) is 0 Å². The van der Waals surface area contributed by atoms with Crippen molar-refractivity contribution in [1.29, 1.82) is 0 Å². The molecule has 1 atom stereocenters. The number of benzene rings is 1. The van der Waals surface area contributed by atoms with E-state index in [0.29, 0.717) is 5.92 Å². The fourth-order valence-corrected chi connectivity index (χ4v) is 1.84. The lowest BCUT2D eigenvalue weighted by molar-refractivity contribution is 0.00514. The lowest BCUT2D eigenvalue weighted by atomic mass is 9.94. The zero-order valence-corrected chi connectivity index (χ0v) is 10.8. The van der Waals surface area contributed by atoms with Crippen LogP contribution in [0.2, 0.25) is 0 Å². The van der Waals surface area contributed by atoms with Crippen LogP contribution < -0.4 is 5.32 Å². The predicted octanol–water partition coefficient (Wildman–Crippen LogP) is 3.55. The first kappa shape index (κ1) is 13.0. The van der Waals surface area contributed by atoms with E-state index in [-0.39, 0.29) is 5.60 Å². The van der Waals surface area contributed by atoms with Gasteiger partial charge in [0.2, 0.25) is 0 Å². The van der Waals surface area contributed by atoms with Crippen LogP contribution in [-0.4, -0.2) is 19.3 Å². The smallest absolute Gasteiger partial charge is 0.0625 e. The Kier molecular flexibility index (Phi) is 4.81. The third-order valence-corrected chi connectivity index (χ3v) is 2.82. The molecule has 0 fully saturated rings. The molecule has 1 N–H and O–H groups in total. The van der Waals surface area contributed by atoms with E-state index < -0.39 is 0 Å². The van der Waals surface area contributed by atoms with E-state index in [0.717, 1.165) is 13.0 Å². The van der Waals surface area contributed by atoms with E-state index in [1.165, 1.54) is 5.69 Å². The highest BCUT2D eigenvalue weighted by atomic mass is 16.5. The summed E-state index contributed by atoms with van der Waals surface area (Å²) in [6.07, 6.45) is 1.06. The molecular weight excluding hydrogens is 198 g/mol. The molecule has 1 aromatic rings. The second-order valence-electron chi connectivity index (χ2n) is 5.02. The van der Waals surface area contributed by atoms with Crippen LogP contribution in [0.15, 0.2) is 30.3 Å². The molecule has 1 aromatic carbocycles. The summed E-state index contributed by atoms with van der Waals surface area (Å²) in [6, 6.07) is 10.3. The zero-order chi connectivity index (χ0) is 12.0. The average molecular weight is 221 g/mol. The van der Waals surface area contributed by atoms with Gasteiger partial charge in [-0.3, -0.25) is 0 Å². The predicted molar refractivity (Wildman–Crippen MR) is 69.8 cm³/mol. The van der Waals surface area contributed by atoms with Gasteiger partial charge in [0.15, 0.2) is 0 Å². The number of hydrogen-bond donors (Lipinski definition) is 1. The lowest BCUT2D eigenvalue weighted by Crippen LogP contribution is -2.28. The van der Waals surface area contributed by atoms with Crippen molar-refractivity contribution < 1.29 is 4.74 Å². The molecule has 90 valence electrons. The molecule has 0 amide bonds. The summed E-state index contributed by atoms with van der Waals surface area (Å²) in [7, 11) is 1.78. The largest absolute Gasteiger partial charge is 0.385 e. The van der Waals surface area contributed by atoms with Crippen molar-refractivity contribution in [3.05, 3.63) is 30.3 Å². The highest BCUT2D eigenvalue weighted by molar-refractivity contribution is 5.42. The average Bonchev–Trinajstić information content (AvgIpc) is 2.27. The van der Waals surface area contributed by atoms with Crippen molar-refractivity contribution >= 4 is 5.69 Å². The summed E-state index contributed by atoms with van der Waals surface area (Å²) >= 11 is 0. The molecule has 0 aliphatic rings. The Morgan fingerprint density at radius 1 is 1.25 bits per heavy atom. The first-order valence-corrected chi connectivity index (χ1v) is 5.87. The van der Waals surface area contributed by atoms with Gasteiger partial charge in [0.05, 0.1) is 5.60 Å². The quantitative estimate of drug-likeness (QED) is 0.793. The Labute approximate surface area is 99.0 Å². The van der Waals surface area contributed by atoms with Crippen LogP contribution in [-0.2, 0) is 4.74 Å². The molecule has 0 aromatic heterocycles. The third kappa shape index (κ3) is 4.67. The van der Waals surface area contributed by atoms with Crippen LogP contribution in [0.25, 0.3) is 0 Å². The number of rotatable bonds is 6. The maximum absolute atomic E-state index is 5.43. The Bertz CT molecular complexity index is 295. The summed E-state index contributed by atoms with van der Waals surface area (Å²) in [5.41, 5.74) is 1.15. The van der Waals surface area contributed by atoms with E-state index in [4.69, 9.17) is 4.74 Å². The van der Waals surface area contributed by atoms with Gasteiger partial charge >= 0.3 is 0 Å². The maximum Gasteiger partial charge on any atom is 0.0625 e. The fourth-order valence-electron chi connectivity index (χ4n) is 1.84. The molecule has 0 spiro atoms. The molecule has 2 heteroatoms. The van der Waals surface area contributed by atoms with Crippen molar-refractivity contribution in [3.63, 3.8) is 0 Å². The molecule has 1 rings (SSSR count). The minimum Gasteiger partial charge on any atom is -0.385 e. The molecule has 0 radical (unpaired) electrons. The standard InChI is InChI=1S/C14H23NO/c1-12(10-14(2,3)16-4)11-15-13-8-6-5-7-9-13/h5-9,12,15H,10-11H2,1-4H3. The van der Waals surface area contributed by atoms with E-state index in [1.54, 1.807) is 7.11 Å². The van der Waals surface area contributed by atoms with Crippen molar-refractivity contribution in [2.45, 2.75) is 32.8 Å². The number of hydrogen-bond acceptors (Lipinski definition) is 2. The number of para-hydroxylation sites is 1. The van der Waals surface area contributed by atoms with Crippen LogP contribution in [0.4, 0.5) is 5.69 Å². The van der Waals surface area contributed by atoms with Crippen molar-refractivity contribution in [1.82, 2.24) is 0 Å². The van der Waals surface area contributed by atoms with E-state index in [2.05, 4.69) is 38.2 Å². The van der Waals surface area contributed by atoms with Crippen LogP contribution in [0.3, 0.4) is 0 Å². The van der Waals surface area contributed by atoms with Crippen molar-refractivity contribution in [2.24, 2.45) is 5.92 Å². The molecular formula is C14H23NO. The van der Waals surface area contributed by atoms with Gasteiger partial charge in [-0.05, 0) is 38.3 Å². The van der Waals surface area contributed by atoms with Gasteiger partial charge in [0.1, 0.15) is 0 Å². The fraction of sp³-hybridized carbons (Fsp3) is 0.571. The van der Waals surface area contributed by atoms with Crippen LogP contribution >= 0.6 is 0 Å². The molecule has 1 unspecified atom stereocenters. The third-order valence-electron chi connectivity index (χ3n) is 2.82. The summed E-state index contributed by atoms with van der Waals surface area (Å²) < 4.78 is 5.43. The Morgan fingerprint density at radius 2 is 1.88 bits per heavy atom. The molecule has 16 heavy (non-hydrogen) atoms. The Morgan fingerprint density at radius 3 is 2.44 bits per heavy atom. The van der Waals surface area contributed by atoms with Crippen molar-refractivity contribution in [2.75, 3.05) is 19.0 Å². The molecule has 0 heterocycles. The van der Waals surface area contributed by atoms with E-state index in [1.807, 2.05) is 18.2 Å². The maximum atomic E-state index is 5.43. The highest BCUT2D eigenvalue weighted by Crippen LogP contribution is 2.19. The van der Waals surface area contributed by atoms with Gasteiger partial charge in [-0.1, -0.05) is 25.1 Å². The highest BCUT2D eigenvalue weighted by Gasteiger charge is 2.19. The SMILES string of the molecule is COC(C)(C)CC(C)CNc1ccccc1. The number of nitrogens with one attached hydrogen (secondary N) is 1. The topological polar surface area (TPSA) is 21.3 Å². The minimum atomic E-state index is -0.0300. The zero-order valence-electron chi connectivity index (χ0n) is 10.8. The molecule has 0 saturated carbocycles. The normalized spacial score (nSPS) is 13.5. The summed E-state index contributed by atoms with van der Waals surface area (Å²) in [5.74, 6) is 0.593. The molecule has 0 aliphatic carbocycles. The monoisotopic (exact) mass is 221 g/mol. The van der Waals surface area contributed by atoms with Gasteiger partial charge < -0.3 is 10.1 Å². The summed E-state index contributed by atoms with van der Waals surface area (Å²) in [6.45, 7) is 7.49. The second-order valence-corrected chi connectivity index (χ2v) is 5.02. The summed E-state index contributed by atoms with van der Waals surface area (Å²) in [5, 5.41) is 3.44. The lowest BCUT2D eigenvalue weighted by Gasteiger charge is -2.26. The molecule has 0 bridgehead atoms. The molecule has 0 saturated heterocycles. The van der Waals surface area contributed by atoms with Gasteiger partial charge in [-0.15, -0.1) is 0 Å². The van der Waals surface area contributed by atoms with Crippen LogP contribution in [0.1, 0.15) is 27.2 Å². The van der Waals surface area contributed by atoms with Crippen LogP contribution in [0, 0.1) is 5.92 Å². The van der Waals surface area contributed by atoms with Gasteiger partial charge in [-0.2, -0.15) is 0 Å². The molecule has 2 nitrogen and oxygen atoms in total. The van der Waals surface area contributed by atoms with Gasteiger partial charge in [0.25, 0.3) is 0 Å². The van der Waals surface area contributed by atoms with Gasteiger partial charge in [0, 0.05) is 19.3 Å². The second kappa shape index (κ2) is 5.90. The molecule has 0 aliphatic heterocycles. The van der Waals surface area contributed by atoms with E-state index >= 15 is 0 Å². The minimum absolute atomic E-state index is 0.0300.